The van der Waals surface area contributed by atoms with Gasteiger partial charge >= 0.3 is 0 Å². The first-order valence-corrected chi connectivity index (χ1v) is 6.63. The van der Waals surface area contributed by atoms with E-state index in [9.17, 15) is 0 Å². The second-order valence-electron chi connectivity index (χ2n) is 5.50. The maximum Gasteiger partial charge on any atom is 0.196 e. The van der Waals surface area contributed by atoms with Crippen molar-refractivity contribution < 1.29 is 0 Å². The molecule has 0 unspecified atom stereocenters. The van der Waals surface area contributed by atoms with Crippen LogP contribution in [0.15, 0.2) is 35.3 Å². The number of hydrogen-bond acceptors (Lipinski definition) is 1. The van der Waals surface area contributed by atoms with Gasteiger partial charge in [-0.15, -0.1) is 0 Å². The van der Waals surface area contributed by atoms with Crippen LogP contribution in [0.4, 0.5) is 5.69 Å². The van der Waals surface area contributed by atoms with E-state index in [0.717, 1.165) is 18.8 Å². The topological polar surface area (TPSA) is 41.6 Å². The number of guanidine groups is 1. The molecule has 100 valence electrons. The van der Waals surface area contributed by atoms with Gasteiger partial charge in [0, 0.05) is 13.1 Å². The predicted molar refractivity (Wildman–Crippen MR) is 79.0 cm³/mol. The Morgan fingerprint density at radius 3 is 2.00 bits per heavy atom. The van der Waals surface area contributed by atoms with Crippen molar-refractivity contribution in [3.63, 3.8) is 0 Å². The second kappa shape index (κ2) is 7.04. The highest BCUT2D eigenvalue weighted by molar-refractivity contribution is 5.81. The van der Waals surface area contributed by atoms with Crippen molar-refractivity contribution in [2.24, 2.45) is 22.6 Å². The molecule has 0 radical (unpaired) electrons. The molecule has 0 bridgehead atoms. The number of hydrogen-bond donors (Lipinski definition) is 1. The van der Waals surface area contributed by atoms with Crippen LogP contribution in [0, 0.1) is 11.8 Å². The molecule has 1 aromatic rings. The summed E-state index contributed by atoms with van der Waals surface area (Å²) >= 11 is 0. The summed E-state index contributed by atoms with van der Waals surface area (Å²) in [6, 6.07) is 9.86. The molecule has 0 saturated heterocycles. The summed E-state index contributed by atoms with van der Waals surface area (Å²) in [5.74, 6) is 1.77. The number of nitrogens with two attached hydrogens (primary N) is 1. The fourth-order valence-electron chi connectivity index (χ4n) is 1.85. The Kier molecular flexibility index (Phi) is 5.69. The summed E-state index contributed by atoms with van der Waals surface area (Å²) in [5.41, 5.74) is 7.03. The lowest BCUT2D eigenvalue weighted by atomic mass is 10.1. The van der Waals surface area contributed by atoms with Crippen LogP contribution in [0.2, 0.25) is 0 Å². The van der Waals surface area contributed by atoms with Gasteiger partial charge in [0.25, 0.3) is 0 Å². The van der Waals surface area contributed by atoms with Gasteiger partial charge < -0.3 is 10.6 Å². The first-order chi connectivity index (χ1) is 8.49. The van der Waals surface area contributed by atoms with E-state index in [1.807, 2.05) is 30.3 Å². The molecule has 0 aliphatic rings. The van der Waals surface area contributed by atoms with Crippen molar-refractivity contribution >= 4 is 11.6 Å². The number of aliphatic imine (C=N–C) groups is 1. The summed E-state index contributed by atoms with van der Waals surface area (Å²) in [5, 5.41) is 0. The van der Waals surface area contributed by atoms with Crippen molar-refractivity contribution in [3.8, 4) is 0 Å². The number of rotatable bonds is 5. The average Bonchev–Trinajstić information content (AvgIpc) is 2.28. The SMILES string of the molecule is CC(C)CN(CC(C)C)C(N)=Nc1ccccc1. The zero-order chi connectivity index (χ0) is 13.5. The van der Waals surface area contributed by atoms with Crippen LogP contribution in [0.5, 0.6) is 0 Å². The van der Waals surface area contributed by atoms with Gasteiger partial charge in [-0.25, -0.2) is 4.99 Å². The first-order valence-electron chi connectivity index (χ1n) is 6.63. The summed E-state index contributed by atoms with van der Waals surface area (Å²) in [6.45, 7) is 10.7. The molecule has 3 nitrogen and oxygen atoms in total. The van der Waals surface area contributed by atoms with Crippen LogP contribution in [0.25, 0.3) is 0 Å². The van der Waals surface area contributed by atoms with Gasteiger partial charge in [0.1, 0.15) is 0 Å². The molecule has 0 amide bonds. The molecule has 0 atom stereocenters. The monoisotopic (exact) mass is 247 g/mol. The number of para-hydroxylation sites is 1. The van der Waals surface area contributed by atoms with E-state index in [1.54, 1.807) is 0 Å². The van der Waals surface area contributed by atoms with E-state index in [2.05, 4.69) is 37.6 Å². The minimum atomic E-state index is 0.577. The highest BCUT2D eigenvalue weighted by Gasteiger charge is 2.11. The lowest BCUT2D eigenvalue weighted by molar-refractivity contribution is 0.325. The Bertz CT molecular complexity index is 359. The van der Waals surface area contributed by atoms with Gasteiger partial charge in [-0.05, 0) is 24.0 Å². The molecule has 0 aliphatic carbocycles. The largest absolute Gasteiger partial charge is 0.369 e. The third-order valence-corrected chi connectivity index (χ3v) is 2.49. The minimum Gasteiger partial charge on any atom is -0.369 e. The maximum atomic E-state index is 6.12. The normalized spacial score (nSPS) is 12.2. The van der Waals surface area contributed by atoms with Crippen LogP contribution in [-0.4, -0.2) is 23.9 Å². The molecular weight excluding hydrogens is 222 g/mol. The first kappa shape index (κ1) is 14.6. The summed E-state index contributed by atoms with van der Waals surface area (Å²) in [7, 11) is 0. The summed E-state index contributed by atoms with van der Waals surface area (Å²) in [4.78, 5) is 6.65. The molecule has 0 heterocycles. The second-order valence-corrected chi connectivity index (χ2v) is 5.50. The van der Waals surface area contributed by atoms with Crippen molar-refractivity contribution in [1.29, 1.82) is 0 Å². The number of benzene rings is 1. The van der Waals surface area contributed by atoms with E-state index in [0.29, 0.717) is 17.8 Å². The van der Waals surface area contributed by atoms with E-state index in [-0.39, 0.29) is 0 Å². The fourth-order valence-corrected chi connectivity index (χ4v) is 1.85. The van der Waals surface area contributed by atoms with Crippen molar-refractivity contribution in [3.05, 3.63) is 30.3 Å². The highest BCUT2D eigenvalue weighted by atomic mass is 15.3. The number of nitrogens with zero attached hydrogens (tertiary/aromatic N) is 2. The fraction of sp³-hybridized carbons (Fsp3) is 0.533. The molecule has 0 aliphatic heterocycles. The van der Waals surface area contributed by atoms with Crippen molar-refractivity contribution in [1.82, 2.24) is 4.90 Å². The zero-order valence-electron chi connectivity index (χ0n) is 11.9. The smallest absolute Gasteiger partial charge is 0.196 e. The standard InChI is InChI=1S/C15H25N3/c1-12(2)10-18(11-13(3)4)15(16)17-14-8-6-5-7-9-14/h5-9,12-13H,10-11H2,1-4H3,(H2,16,17). The van der Waals surface area contributed by atoms with Crippen LogP contribution < -0.4 is 5.73 Å². The van der Waals surface area contributed by atoms with E-state index in [1.165, 1.54) is 0 Å². The highest BCUT2D eigenvalue weighted by Crippen LogP contribution is 2.11. The predicted octanol–water partition coefficient (Wildman–Crippen LogP) is 3.25. The third-order valence-electron chi connectivity index (χ3n) is 2.49. The van der Waals surface area contributed by atoms with Gasteiger partial charge in [0.2, 0.25) is 0 Å². The molecule has 1 aromatic carbocycles. The van der Waals surface area contributed by atoms with Gasteiger partial charge in [0.15, 0.2) is 5.96 Å². The molecule has 1 rings (SSSR count). The quantitative estimate of drug-likeness (QED) is 0.641. The van der Waals surface area contributed by atoms with Gasteiger partial charge in [-0.2, -0.15) is 0 Å². The molecular formula is C15H25N3. The minimum absolute atomic E-state index is 0.577. The van der Waals surface area contributed by atoms with Crippen molar-refractivity contribution in [2.75, 3.05) is 13.1 Å². The molecule has 0 saturated carbocycles. The Morgan fingerprint density at radius 1 is 1.06 bits per heavy atom. The van der Waals surface area contributed by atoms with E-state index >= 15 is 0 Å². The van der Waals surface area contributed by atoms with E-state index in [4.69, 9.17) is 5.73 Å². The third kappa shape index (κ3) is 5.21. The lowest BCUT2D eigenvalue weighted by Crippen LogP contribution is -2.41. The Hall–Kier alpha value is -1.51. The van der Waals surface area contributed by atoms with Gasteiger partial charge in [-0.1, -0.05) is 45.9 Å². The molecule has 0 aromatic heterocycles. The molecule has 3 heteroatoms. The molecule has 2 N–H and O–H groups in total. The van der Waals surface area contributed by atoms with Crippen LogP contribution in [0.1, 0.15) is 27.7 Å². The van der Waals surface area contributed by atoms with Gasteiger partial charge in [-0.3, -0.25) is 0 Å². The average molecular weight is 247 g/mol. The molecule has 0 spiro atoms. The van der Waals surface area contributed by atoms with Crippen LogP contribution in [0.3, 0.4) is 0 Å². The molecule has 18 heavy (non-hydrogen) atoms. The van der Waals surface area contributed by atoms with Gasteiger partial charge in [0.05, 0.1) is 5.69 Å². The zero-order valence-corrected chi connectivity index (χ0v) is 11.9. The molecule has 0 fully saturated rings. The van der Waals surface area contributed by atoms with Crippen LogP contribution in [-0.2, 0) is 0 Å². The Morgan fingerprint density at radius 2 is 1.56 bits per heavy atom. The Balaban J connectivity index is 2.80. The van der Waals surface area contributed by atoms with Crippen LogP contribution >= 0.6 is 0 Å². The summed E-state index contributed by atoms with van der Waals surface area (Å²) in [6.07, 6.45) is 0. The maximum absolute atomic E-state index is 6.12. The van der Waals surface area contributed by atoms with E-state index < -0.39 is 0 Å². The Labute approximate surface area is 111 Å². The van der Waals surface area contributed by atoms with Crippen molar-refractivity contribution in [2.45, 2.75) is 27.7 Å². The summed E-state index contributed by atoms with van der Waals surface area (Å²) < 4.78 is 0. The lowest BCUT2D eigenvalue weighted by Gasteiger charge is -2.27.